The van der Waals surface area contributed by atoms with E-state index in [9.17, 15) is 4.79 Å². The Morgan fingerprint density at radius 1 is 1.73 bits per heavy atom. The molecule has 0 atom stereocenters. The van der Waals surface area contributed by atoms with Gasteiger partial charge in [-0.05, 0) is 13.8 Å². The van der Waals surface area contributed by atoms with Gasteiger partial charge in [0.05, 0.1) is 12.1 Å². The van der Waals surface area contributed by atoms with Crippen molar-refractivity contribution in [3.63, 3.8) is 0 Å². The number of rotatable bonds is 5. The molecule has 1 aromatic rings. The SMILES string of the molecule is C=C(C)CNc1scnc1C(=O)OCC. The third-order valence-corrected chi connectivity index (χ3v) is 2.37. The third-order valence-electron chi connectivity index (χ3n) is 1.59. The monoisotopic (exact) mass is 226 g/mol. The quantitative estimate of drug-likeness (QED) is 0.618. The van der Waals surface area contributed by atoms with Crippen LogP contribution in [0.25, 0.3) is 0 Å². The van der Waals surface area contributed by atoms with E-state index in [1.807, 2.05) is 6.92 Å². The van der Waals surface area contributed by atoms with Gasteiger partial charge in [0.25, 0.3) is 0 Å². The van der Waals surface area contributed by atoms with E-state index in [1.54, 1.807) is 12.4 Å². The molecule has 0 aliphatic carbocycles. The fourth-order valence-corrected chi connectivity index (χ4v) is 1.61. The second-order valence-electron chi connectivity index (χ2n) is 3.06. The highest BCUT2D eigenvalue weighted by molar-refractivity contribution is 7.14. The Morgan fingerprint density at radius 3 is 3.07 bits per heavy atom. The molecule has 0 unspecified atom stereocenters. The first kappa shape index (κ1) is 11.7. The Morgan fingerprint density at radius 2 is 2.47 bits per heavy atom. The number of carbonyl (C=O) groups excluding carboxylic acids is 1. The Kier molecular flexibility index (Phi) is 4.30. The van der Waals surface area contributed by atoms with E-state index in [2.05, 4.69) is 16.9 Å². The molecule has 0 spiro atoms. The van der Waals surface area contributed by atoms with Gasteiger partial charge in [0.1, 0.15) is 5.00 Å². The van der Waals surface area contributed by atoms with Gasteiger partial charge in [0.2, 0.25) is 0 Å². The van der Waals surface area contributed by atoms with Gasteiger partial charge in [0.15, 0.2) is 5.69 Å². The number of thiazole rings is 1. The zero-order chi connectivity index (χ0) is 11.3. The third kappa shape index (κ3) is 3.36. The van der Waals surface area contributed by atoms with Gasteiger partial charge < -0.3 is 10.1 Å². The van der Waals surface area contributed by atoms with E-state index in [-0.39, 0.29) is 5.97 Å². The highest BCUT2D eigenvalue weighted by atomic mass is 32.1. The van der Waals surface area contributed by atoms with Crippen LogP contribution in [0.4, 0.5) is 5.00 Å². The van der Waals surface area contributed by atoms with Crippen molar-refractivity contribution in [2.75, 3.05) is 18.5 Å². The fraction of sp³-hybridized carbons (Fsp3) is 0.400. The van der Waals surface area contributed by atoms with Gasteiger partial charge >= 0.3 is 5.97 Å². The van der Waals surface area contributed by atoms with Crippen LogP contribution >= 0.6 is 11.3 Å². The van der Waals surface area contributed by atoms with E-state index < -0.39 is 0 Å². The second-order valence-corrected chi connectivity index (χ2v) is 3.92. The van der Waals surface area contributed by atoms with E-state index in [4.69, 9.17) is 4.74 Å². The predicted octanol–water partition coefficient (Wildman–Crippen LogP) is 2.31. The Labute approximate surface area is 93.0 Å². The summed E-state index contributed by atoms with van der Waals surface area (Å²) in [7, 11) is 0. The summed E-state index contributed by atoms with van der Waals surface area (Å²) in [5.41, 5.74) is 2.97. The van der Waals surface area contributed by atoms with Crippen molar-refractivity contribution in [2.24, 2.45) is 0 Å². The summed E-state index contributed by atoms with van der Waals surface area (Å²) >= 11 is 1.38. The smallest absolute Gasteiger partial charge is 0.360 e. The van der Waals surface area contributed by atoms with Crippen LogP contribution < -0.4 is 5.32 Å². The lowest BCUT2D eigenvalue weighted by molar-refractivity contribution is 0.0521. The molecule has 1 N–H and O–H groups in total. The number of aromatic nitrogens is 1. The largest absolute Gasteiger partial charge is 0.461 e. The van der Waals surface area contributed by atoms with Crippen molar-refractivity contribution < 1.29 is 9.53 Å². The minimum absolute atomic E-state index is 0.350. The summed E-state index contributed by atoms with van der Waals surface area (Å²) in [6.07, 6.45) is 0. The van der Waals surface area contributed by atoms with Crippen LogP contribution in [-0.4, -0.2) is 24.1 Å². The lowest BCUT2D eigenvalue weighted by atomic mass is 10.3. The van der Waals surface area contributed by atoms with E-state index in [0.717, 1.165) is 10.6 Å². The van der Waals surface area contributed by atoms with Gasteiger partial charge in [-0.15, -0.1) is 11.3 Å². The lowest BCUT2D eigenvalue weighted by Crippen LogP contribution is -2.09. The van der Waals surface area contributed by atoms with Crippen molar-refractivity contribution in [3.8, 4) is 0 Å². The first-order valence-electron chi connectivity index (χ1n) is 4.64. The van der Waals surface area contributed by atoms with Crippen LogP contribution in [0.3, 0.4) is 0 Å². The van der Waals surface area contributed by atoms with E-state index in [1.165, 1.54) is 11.3 Å². The predicted molar refractivity (Wildman–Crippen MR) is 61.4 cm³/mol. The van der Waals surface area contributed by atoms with Crippen molar-refractivity contribution in [2.45, 2.75) is 13.8 Å². The van der Waals surface area contributed by atoms with Crippen LogP contribution in [0.1, 0.15) is 24.3 Å². The second kappa shape index (κ2) is 5.50. The normalized spacial score (nSPS) is 9.73. The zero-order valence-corrected chi connectivity index (χ0v) is 9.69. The Hall–Kier alpha value is -1.36. The minimum atomic E-state index is -0.386. The van der Waals surface area contributed by atoms with Crippen LogP contribution in [0.2, 0.25) is 0 Å². The average Bonchev–Trinajstić information content (AvgIpc) is 2.62. The Bertz CT molecular complexity index is 360. The van der Waals surface area contributed by atoms with Gasteiger partial charge in [-0.3, -0.25) is 0 Å². The summed E-state index contributed by atoms with van der Waals surface area (Å²) in [6, 6.07) is 0. The van der Waals surface area contributed by atoms with Crippen molar-refractivity contribution in [1.82, 2.24) is 4.98 Å². The molecule has 1 rings (SSSR count). The standard InChI is InChI=1S/C10H14N2O2S/c1-4-14-10(13)8-9(15-6-12-8)11-5-7(2)3/h6,11H,2,4-5H2,1,3H3. The molecule has 0 saturated carbocycles. The molecule has 0 fully saturated rings. The van der Waals surface area contributed by atoms with Gasteiger partial charge in [-0.25, -0.2) is 9.78 Å². The molecule has 0 bridgehead atoms. The van der Waals surface area contributed by atoms with Crippen LogP contribution in [0, 0.1) is 0 Å². The summed E-state index contributed by atoms with van der Waals surface area (Å²) in [6.45, 7) is 8.45. The molecule has 0 aliphatic heterocycles. The molecule has 0 radical (unpaired) electrons. The minimum Gasteiger partial charge on any atom is -0.461 e. The lowest BCUT2D eigenvalue weighted by Gasteiger charge is -2.05. The van der Waals surface area contributed by atoms with Crippen molar-refractivity contribution >= 4 is 22.3 Å². The summed E-state index contributed by atoms with van der Waals surface area (Å²) in [5, 5.41) is 3.82. The molecule has 0 aromatic carbocycles. The molecule has 1 aromatic heterocycles. The molecule has 15 heavy (non-hydrogen) atoms. The van der Waals surface area contributed by atoms with E-state index >= 15 is 0 Å². The number of hydrogen-bond donors (Lipinski definition) is 1. The zero-order valence-electron chi connectivity index (χ0n) is 8.87. The first-order chi connectivity index (χ1) is 7.15. The number of ether oxygens (including phenoxy) is 1. The summed E-state index contributed by atoms with van der Waals surface area (Å²) in [4.78, 5) is 15.4. The molecule has 5 heteroatoms. The average molecular weight is 226 g/mol. The molecular formula is C10H14N2O2S. The van der Waals surface area contributed by atoms with Crippen LogP contribution in [-0.2, 0) is 4.74 Å². The summed E-state index contributed by atoms with van der Waals surface area (Å²) < 4.78 is 4.88. The molecular weight excluding hydrogens is 212 g/mol. The van der Waals surface area contributed by atoms with Gasteiger partial charge in [0, 0.05) is 6.54 Å². The number of esters is 1. The van der Waals surface area contributed by atoms with E-state index in [0.29, 0.717) is 18.8 Å². The number of nitrogens with one attached hydrogen (secondary N) is 1. The maximum Gasteiger partial charge on any atom is 0.360 e. The molecule has 0 saturated heterocycles. The van der Waals surface area contributed by atoms with Crippen molar-refractivity contribution in [1.29, 1.82) is 0 Å². The molecule has 4 nitrogen and oxygen atoms in total. The number of carbonyl (C=O) groups is 1. The molecule has 0 aliphatic rings. The number of hydrogen-bond acceptors (Lipinski definition) is 5. The maximum absolute atomic E-state index is 11.4. The molecule has 82 valence electrons. The van der Waals surface area contributed by atoms with Crippen LogP contribution in [0.15, 0.2) is 17.7 Å². The van der Waals surface area contributed by atoms with Gasteiger partial charge in [-0.2, -0.15) is 0 Å². The maximum atomic E-state index is 11.4. The van der Waals surface area contributed by atoms with Gasteiger partial charge in [-0.1, -0.05) is 12.2 Å². The molecule has 1 heterocycles. The van der Waals surface area contributed by atoms with Crippen molar-refractivity contribution in [3.05, 3.63) is 23.4 Å². The Balaban J connectivity index is 2.68. The van der Waals surface area contributed by atoms with Crippen LogP contribution in [0.5, 0.6) is 0 Å². The fourth-order valence-electron chi connectivity index (χ4n) is 0.948. The first-order valence-corrected chi connectivity index (χ1v) is 5.52. The molecule has 0 amide bonds. The topological polar surface area (TPSA) is 51.2 Å². The number of nitrogens with zero attached hydrogens (tertiary/aromatic N) is 1. The highest BCUT2D eigenvalue weighted by Crippen LogP contribution is 2.21. The number of anilines is 1. The summed E-state index contributed by atoms with van der Waals surface area (Å²) in [5.74, 6) is -0.386. The highest BCUT2D eigenvalue weighted by Gasteiger charge is 2.15.